The molecule has 2 rings (SSSR count). The van der Waals surface area contributed by atoms with E-state index in [1.807, 2.05) is 6.07 Å². The Kier molecular flexibility index (Phi) is 5.14. The Morgan fingerprint density at radius 2 is 2.10 bits per heavy atom. The number of carboxylic acids is 1. The van der Waals surface area contributed by atoms with E-state index in [2.05, 4.69) is 10.3 Å². The van der Waals surface area contributed by atoms with Crippen molar-refractivity contribution in [2.24, 2.45) is 5.73 Å². The van der Waals surface area contributed by atoms with Gasteiger partial charge in [-0.25, -0.2) is 4.98 Å². The summed E-state index contributed by atoms with van der Waals surface area (Å²) in [5, 5.41) is 11.7. The number of rotatable bonds is 8. The number of aromatic nitrogens is 1. The summed E-state index contributed by atoms with van der Waals surface area (Å²) in [4.78, 5) is 26.4. The summed E-state index contributed by atoms with van der Waals surface area (Å²) in [6.45, 7) is 0.658. The zero-order valence-electron chi connectivity index (χ0n) is 12.0. The van der Waals surface area contributed by atoms with Crippen LogP contribution < -0.4 is 11.1 Å². The minimum absolute atomic E-state index is 0.198. The van der Waals surface area contributed by atoms with Crippen molar-refractivity contribution in [3.8, 4) is 0 Å². The van der Waals surface area contributed by atoms with Gasteiger partial charge in [0.25, 0.3) is 5.91 Å². The van der Waals surface area contributed by atoms with Gasteiger partial charge < -0.3 is 16.2 Å². The molecule has 4 N–H and O–H groups in total. The summed E-state index contributed by atoms with van der Waals surface area (Å²) in [6.07, 6.45) is 5.50. The van der Waals surface area contributed by atoms with E-state index < -0.39 is 11.9 Å². The third kappa shape index (κ3) is 4.18. The number of pyridine rings is 1. The van der Waals surface area contributed by atoms with Gasteiger partial charge in [0.2, 0.25) is 0 Å². The van der Waals surface area contributed by atoms with E-state index in [4.69, 9.17) is 10.8 Å². The summed E-state index contributed by atoms with van der Waals surface area (Å²) in [5.74, 6) is -0.675. The van der Waals surface area contributed by atoms with Gasteiger partial charge in [-0.05, 0) is 43.7 Å². The fraction of sp³-hybridized carbons (Fsp3) is 0.533. The quantitative estimate of drug-likeness (QED) is 0.632. The summed E-state index contributed by atoms with van der Waals surface area (Å²) < 4.78 is 0. The van der Waals surface area contributed by atoms with Gasteiger partial charge >= 0.3 is 5.97 Å². The number of anilines is 1. The highest BCUT2D eigenvalue weighted by atomic mass is 16.4. The van der Waals surface area contributed by atoms with Crippen LogP contribution in [0.3, 0.4) is 0 Å². The van der Waals surface area contributed by atoms with Gasteiger partial charge in [0.05, 0.1) is 5.56 Å². The van der Waals surface area contributed by atoms with E-state index in [1.54, 1.807) is 0 Å². The molecule has 0 aromatic carbocycles. The Labute approximate surface area is 123 Å². The van der Waals surface area contributed by atoms with E-state index in [9.17, 15) is 9.59 Å². The monoisotopic (exact) mass is 291 g/mol. The van der Waals surface area contributed by atoms with Crippen LogP contribution in [0.1, 0.15) is 53.7 Å². The topological polar surface area (TPSA) is 105 Å². The van der Waals surface area contributed by atoms with Crippen LogP contribution >= 0.6 is 0 Å². The highest BCUT2D eigenvalue weighted by molar-refractivity contribution is 5.97. The third-order valence-electron chi connectivity index (χ3n) is 3.68. The Hall–Kier alpha value is -2.11. The second-order valence-corrected chi connectivity index (χ2v) is 5.34. The minimum atomic E-state index is -0.765. The van der Waals surface area contributed by atoms with Crippen molar-refractivity contribution in [2.75, 3.05) is 11.9 Å². The van der Waals surface area contributed by atoms with Crippen LogP contribution in [-0.4, -0.2) is 28.5 Å². The van der Waals surface area contributed by atoms with Crippen molar-refractivity contribution in [3.05, 3.63) is 22.9 Å². The van der Waals surface area contributed by atoms with E-state index in [1.165, 1.54) is 0 Å². The van der Waals surface area contributed by atoms with Crippen LogP contribution in [0.5, 0.6) is 0 Å². The van der Waals surface area contributed by atoms with Crippen molar-refractivity contribution in [2.45, 2.75) is 44.9 Å². The molecule has 6 heteroatoms. The SMILES string of the molecule is NC(=O)c1cc2c(nc1NCCCCCC(=O)O)CCC2. The first kappa shape index (κ1) is 15.3. The lowest BCUT2D eigenvalue weighted by Gasteiger charge is -2.11. The molecular weight excluding hydrogens is 270 g/mol. The molecule has 0 unspecified atom stereocenters. The molecule has 0 saturated heterocycles. The molecule has 114 valence electrons. The van der Waals surface area contributed by atoms with Gasteiger partial charge in [-0.2, -0.15) is 0 Å². The van der Waals surface area contributed by atoms with Crippen LogP contribution in [0.25, 0.3) is 0 Å². The fourth-order valence-electron chi connectivity index (χ4n) is 2.58. The van der Waals surface area contributed by atoms with Gasteiger partial charge in [0.1, 0.15) is 5.82 Å². The number of nitrogens with one attached hydrogen (secondary N) is 1. The minimum Gasteiger partial charge on any atom is -0.481 e. The second-order valence-electron chi connectivity index (χ2n) is 5.34. The normalized spacial score (nSPS) is 13.0. The number of nitrogens with zero attached hydrogens (tertiary/aromatic N) is 1. The lowest BCUT2D eigenvalue weighted by atomic mass is 10.1. The molecule has 0 aliphatic heterocycles. The number of amides is 1. The van der Waals surface area contributed by atoms with Gasteiger partial charge in [-0.1, -0.05) is 6.42 Å². The van der Waals surface area contributed by atoms with Crippen LogP contribution in [0.4, 0.5) is 5.82 Å². The van der Waals surface area contributed by atoms with Crippen molar-refractivity contribution < 1.29 is 14.7 Å². The molecule has 1 aromatic rings. The van der Waals surface area contributed by atoms with E-state index >= 15 is 0 Å². The number of primary amides is 1. The summed E-state index contributed by atoms with van der Waals surface area (Å²) in [7, 11) is 0. The summed E-state index contributed by atoms with van der Waals surface area (Å²) in [6, 6.07) is 1.85. The van der Waals surface area contributed by atoms with Crippen LogP contribution in [0, 0.1) is 0 Å². The van der Waals surface area contributed by atoms with Crippen molar-refractivity contribution in [1.82, 2.24) is 4.98 Å². The standard InChI is InChI=1S/C15H21N3O3/c16-14(21)11-9-10-5-4-6-12(10)18-15(11)17-8-3-1-2-7-13(19)20/h9H,1-8H2,(H2,16,21)(H,17,18)(H,19,20). The highest BCUT2D eigenvalue weighted by Crippen LogP contribution is 2.25. The Morgan fingerprint density at radius 1 is 1.29 bits per heavy atom. The molecule has 0 spiro atoms. The zero-order valence-corrected chi connectivity index (χ0v) is 12.0. The molecule has 1 heterocycles. The maximum atomic E-state index is 11.5. The average Bonchev–Trinajstić information content (AvgIpc) is 2.88. The maximum absolute atomic E-state index is 11.5. The van der Waals surface area contributed by atoms with Crippen LogP contribution in [0.15, 0.2) is 6.07 Å². The molecule has 1 aliphatic carbocycles. The molecule has 1 aliphatic rings. The van der Waals surface area contributed by atoms with Crippen molar-refractivity contribution >= 4 is 17.7 Å². The molecule has 21 heavy (non-hydrogen) atoms. The highest BCUT2D eigenvalue weighted by Gasteiger charge is 2.18. The molecule has 0 fully saturated rings. The largest absolute Gasteiger partial charge is 0.481 e. The van der Waals surface area contributed by atoms with Gasteiger partial charge in [-0.3, -0.25) is 9.59 Å². The predicted octanol–water partition coefficient (Wildman–Crippen LogP) is 1.73. The number of carbonyl (C=O) groups excluding carboxylic acids is 1. The number of carboxylic acid groups (broad SMARTS) is 1. The Balaban J connectivity index is 1.90. The molecule has 6 nitrogen and oxygen atoms in total. The average molecular weight is 291 g/mol. The number of hydrogen-bond acceptors (Lipinski definition) is 4. The van der Waals surface area contributed by atoms with Crippen molar-refractivity contribution in [3.63, 3.8) is 0 Å². The lowest BCUT2D eigenvalue weighted by molar-refractivity contribution is -0.137. The third-order valence-corrected chi connectivity index (χ3v) is 3.68. The number of aryl methyl sites for hydroxylation is 2. The van der Waals surface area contributed by atoms with Crippen LogP contribution in [-0.2, 0) is 17.6 Å². The lowest BCUT2D eigenvalue weighted by Crippen LogP contribution is -2.17. The summed E-state index contributed by atoms with van der Waals surface area (Å²) >= 11 is 0. The number of aliphatic carboxylic acids is 1. The van der Waals surface area contributed by atoms with E-state index in [0.717, 1.165) is 43.4 Å². The molecule has 0 atom stereocenters. The molecule has 0 radical (unpaired) electrons. The zero-order chi connectivity index (χ0) is 15.2. The first-order valence-electron chi connectivity index (χ1n) is 7.36. The first-order chi connectivity index (χ1) is 10.1. The molecule has 1 amide bonds. The smallest absolute Gasteiger partial charge is 0.303 e. The predicted molar refractivity (Wildman–Crippen MR) is 79.4 cm³/mol. The fourth-order valence-corrected chi connectivity index (χ4v) is 2.58. The first-order valence-corrected chi connectivity index (χ1v) is 7.36. The Bertz CT molecular complexity index is 543. The summed E-state index contributed by atoms with van der Waals surface area (Å²) in [5.41, 5.74) is 8.03. The number of carbonyl (C=O) groups is 2. The number of nitrogens with two attached hydrogens (primary N) is 1. The van der Waals surface area contributed by atoms with Crippen LogP contribution in [0.2, 0.25) is 0 Å². The van der Waals surface area contributed by atoms with Gasteiger partial charge in [-0.15, -0.1) is 0 Å². The number of hydrogen-bond donors (Lipinski definition) is 3. The van der Waals surface area contributed by atoms with E-state index in [-0.39, 0.29) is 6.42 Å². The molecule has 0 bridgehead atoms. The van der Waals surface area contributed by atoms with E-state index in [0.29, 0.717) is 24.3 Å². The van der Waals surface area contributed by atoms with Crippen molar-refractivity contribution in [1.29, 1.82) is 0 Å². The molecule has 0 saturated carbocycles. The Morgan fingerprint density at radius 3 is 2.81 bits per heavy atom. The number of unbranched alkanes of at least 4 members (excludes halogenated alkanes) is 2. The van der Waals surface area contributed by atoms with Gasteiger partial charge in [0, 0.05) is 18.7 Å². The second kappa shape index (κ2) is 7.06. The molecule has 1 aromatic heterocycles. The number of fused-ring (bicyclic) bond motifs is 1. The maximum Gasteiger partial charge on any atom is 0.303 e. The van der Waals surface area contributed by atoms with Gasteiger partial charge in [0.15, 0.2) is 0 Å². The molecular formula is C15H21N3O3.